The number of hydrogen-bond acceptors (Lipinski definition) is 4. The molecule has 1 aliphatic heterocycles. The van der Waals surface area contributed by atoms with Crippen molar-refractivity contribution in [2.75, 3.05) is 6.54 Å². The van der Waals surface area contributed by atoms with Gasteiger partial charge in [0, 0.05) is 19.6 Å². The molecule has 0 radical (unpaired) electrons. The van der Waals surface area contributed by atoms with E-state index in [2.05, 4.69) is 20.0 Å². The van der Waals surface area contributed by atoms with Crippen molar-refractivity contribution in [3.05, 3.63) is 23.5 Å². The summed E-state index contributed by atoms with van der Waals surface area (Å²) in [4.78, 5) is 4.48. The molecule has 0 aliphatic carbocycles. The molecule has 0 unspecified atom stereocenters. The number of fused-ring (bicyclic) bond motifs is 1. The molecule has 5 nitrogen and oxygen atoms in total. The molecule has 1 N–H and O–H groups in total. The van der Waals surface area contributed by atoms with Gasteiger partial charge in [-0.1, -0.05) is 5.16 Å². The highest BCUT2D eigenvalue weighted by Gasteiger charge is 2.21. The Hall–Kier alpha value is -1.62. The third-order valence-electron chi connectivity index (χ3n) is 3.04. The van der Waals surface area contributed by atoms with Crippen molar-refractivity contribution in [2.24, 2.45) is 0 Å². The minimum atomic E-state index is 0.838. The van der Waals surface area contributed by atoms with Crippen LogP contribution in [0.2, 0.25) is 0 Å². The van der Waals surface area contributed by atoms with E-state index in [0.29, 0.717) is 0 Å². The van der Waals surface area contributed by atoms with Crippen molar-refractivity contribution >= 4 is 0 Å². The lowest BCUT2D eigenvalue weighted by Crippen LogP contribution is -2.27. The maximum atomic E-state index is 5.19. The monoisotopic (exact) mass is 218 g/mol. The Morgan fingerprint density at radius 2 is 2.31 bits per heavy atom. The van der Waals surface area contributed by atoms with Crippen LogP contribution in [0.3, 0.4) is 0 Å². The second kappa shape index (κ2) is 3.45. The van der Waals surface area contributed by atoms with E-state index in [-0.39, 0.29) is 0 Å². The third-order valence-corrected chi connectivity index (χ3v) is 3.04. The van der Waals surface area contributed by atoms with Gasteiger partial charge in [0.05, 0.1) is 29.0 Å². The highest BCUT2D eigenvalue weighted by Crippen LogP contribution is 2.29. The van der Waals surface area contributed by atoms with Crippen molar-refractivity contribution in [2.45, 2.75) is 26.9 Å². The average molecular weight is 218 g/mol. The van der Waals surface area contributed by atoms with Crippen LogP contribution in [0.25, 0.3) is 11.3 Å². The first-order chi connectivity index (χ1) is 7.77. The SMILES string of the molecule is Cc1noc(C)c1-c1ncn2c1CNCC2. The molecule has 0 spiro atoms. The van der Waals surface area contributed by atoms with E-state index in [1.807, 2.05) is 20.2 Å². The fraction of sp³-hybridized carbons (Fsp3) is 0.455. The molecule has 0 saturated carbocycles. The lowest BCUT2D eigenvalue weighted by atomic mass is 10.1. The zero-order valence-electron chi connectivity index (χ0n) is 9.45. The molecule has 2 aromatic rings. The van der Waals surface area contributed by atoms with Crippen molar-refractivity contribution < 1.29 is 4.52 Å². The van der Waals surface area contributed by atoms with E-state index in [1.54, 1.807) is 0 Å². The number of nitrogens with zero attached hydrogens (tertiary/aromatic N) is 3. The normalized spacial score (nSPS) is 15.1. The first-order valence-corrected chi connectivity index (χ1v) is 5.45. The number of nitrogens with one attached hydrogen (secondary N) is 1. The number of aromatic nitrogens is 3. The predicted octanol–water partition coefficient (Wildman–Crippen LogP) is 1.26. The molecule has 5 heteroatoms. The fourth-order valence-electron chi connectivity index (χ4n) is 2.22. The van der Waals surface area contributed by atoms with Crippen LogP contribution < -0.4 is 5.32 Å². The van der Waals surface area contributed by atoms with Crippen LogP contribution >= 0.6 is 0 Å². The molecular formula is C11H14N4O. The summed E-state index contributed by atoms with van der Waals surface area (Å²) in [6, 6.07) is 0. The first kappa shape index (κ1) is 9.59. The maximum Gasteiger partial charge on any atom is 0.143 e. The Balaban J connectivity index is 2.17. The van der Waals surface area contributed by atoms with Crippen LogP contribution in [-0.4, -0.2) is 21.3 Å². The van der Waals surface area contributed by atoms with E-state index in [4.69, 9.17) is 4.52 Å². The molecule has 0 saturated heterocycles. The molecule has 84 valence electrons. The van der Waals surface area contributed by atoms with Crippen molar-refractivity contribution in [3.63, 3.8) is 0 Å². The van der Waals surface area contributed by atoms with Gasteiger partial charge < -0.3 is 14.4 Å². The molecule has 0 fully saturated rings. The Bertz CT molecular complexity index is 507. The fourth-order valence-corrected chi connectivity index (χ4v) is 2.22. The maximum absolute atomic E-state index is 5.19. The Kier molecular flexibility index (Phi) is 2.07. The average Bonchev–Trinajstić information content (AvgIpc) is 2.83. The minimum absolute atomic E-state index is 0.838. The Morgan fingerprint density at radius 3 is 3.06 bits per heavy atom. The standard InChI is InChI=1S/C11H14N4O/c1-7-10(8(2)16-14-7)11-9-5-12-3-4-15(9)6-13-11/h6,12H,3-5H2,1-2H3. The van der Waals surface area contributed by atoms with E-state index in [1.165, 1.54) is 5.69 Å². The van der Waals surface area contributed by atoms with Gasteiger partial charge in [0.25, 0.3) is 0 Å². The van der Waals surface area contributed by atoms with E-state index in [9.17, 15) is 0 Å². The summed E-state index contributed by atoms with van der Waals surface area (Å²) < 4.78 is 7.38. The van der Waals surface area contributed by atoms with Crippen LogP contribution in [0.1, 0.15) is 17.1 Å². The van der Waals surface area contributed by atoms with Gasteiger partial charge in [-0.3, -0.25) is 0 Å². The summed E-state index contributed by atoms with van der Waals surface area (Å²) in [5.41, 5.74) is 4.17. The topological polar surface area (TPSA) is 55.9 Å². The Morgan fingerprint density at radius 1 is 1.44 bits per heavy atom. The van der Waals surface area contributed by atoms with Gasteiger partial charge in [-0.25, -0.2) is 4.98 Å². The van der Waals surface area contributed by atoms with Gasteiger partial charge in [0.1, 0.15) is 5.76 Å². The predicted molar refractivity (Wildman–Crippen MR) is 58.9 cm³/mol. The van der Waals surface area contributed by atoms with Gasteiger partial charge in [-0.15, -0.1) is 0 Å². The lowest BCUT2D eigenvalue weighted by Gasteiger charge is -2.16. The number of aryl methyl sites for hydroxylation is 2. The summed E-state index contributed by atoms with van der Waals surface area (Å²) >= 11 is 0. The Labute approximate surface area is 93.5 Å². The van der Waals surface area contributed by atoms with Crippen molar-refractivity contribution in [1.82, 2.24) is 20.0 Å². The molecular weight excluding hydrogens is 204 g/mol. The molecule has 0 atom stereocenters. The summed E-state index contributed by atoms with van der Waals surface area (Å²) in [6.07, 6.45) is 1.90. The molecule has 16 heavy (non-hydrogen) atoms. The highest BCUT2D eigenvalue weighted by atomic mass is 16.5. The van der Waals surface area contributed by atoms with Crippen LogP contribution in [0.4, 0.5) is 0 Å². The van der Waals surface area contributed by atoms with Gasteiger partial charge in [0.15, 0.2) is 0 Å². The summed E-state index contributed by atoms with van der Waals surface area (Å²) in [7, 11) is 0. The summed E-state index contributed by atoms with van der Waals surface area (Å²) in [5.74, 6) is 0.838. The molecule has 3 heterocycles. The molecule has 0 aromatic carbocycles. The zero-order valence-corrected chi connectivity index (χ0v) is 9.45. The number of hydrogen-bond donors (Lipinski definition) is 1. The molecule has 0 amide bonds. The lowest BCUT2D eigenvalue weighted by molar-refractivity contribution is 0.393. The second-order valence-electron chi connectivity index (χ2n) is 4.11. The number of imidazole rings is 1. The van der Waals surface area contributed by atoms with Gasteiger partial charge in [-0.2, -0.15) is 0 Å². The van der Waals surface area contributed by atoms with Crippen LogP contribution in [0.5, 0.6) is 0 Å². The van der Waals surface area contributed by atoms with Gasteiger partial charge in [0.2, 0.25) is 0 Å². The second-order valence-corrected chi connectivity index (χ2v) is 4.11. The molecule has 2 aromatic heterocycles. The van der Waals surface area contributed by atoms with Crippen molar-refractivity contribution in [1.29, 1.82) is 0 Å². The van der Waals surface area contributed by atoms with Crippen LogP contribution in [0.15, 0.2) is 10.9 Å². The van der Waals surface area contributed by atoms with Gasteiger partial charge >= 0.3 is 0 Å². The quantitative estimate of drug-likeness (QED) is 0.782. The third kappa shape index (κ3) is 1.28. The minimum Gasteiger partial charge on any atom is -0.361 e. The van der Waals surface area contributed by atoms with Crippen LogP contribution in [-0.2, 0) is 13.1 Å². The van der Waals surface area contributed by atoms with E-state index >= 15 is 0 Å². The zero-order chi connectivity index (χ0) is 11.1. The highest BCUT2D eigenvalue weighted by molar-refractivity contribution is 5.66. The van der Waals surface area contributed by atoms with Crippen molar-refractivity contribution in [3.8, 4) is 11.3 Å². The van der Waals surface area contributed by atoms with E-state index < -0.39 is 0 Å². The smallest absolute Gasteiger partial charge is 0.143 e. The summed E-state index contributed by atoms with van der Waals surface area (Å²) in [6.45, 7) is 6.72. The molecule has 0 bridgehead atoms. The van der Waals surface area contributed by atoms with Crippen LogP contribution in [0, 0.1) is 13.8 Å². The first-order valence-electron chi connectivity index (χ1n) is 5.45. The molecule has 3 rings (SSSR count). The summed E-state index contributed by atoms with van der Waals surface area (Å²) in [5, 5.41) is 7.33. The number of rotatable bonds is 1. The molecule has 1 aliphatic rings. The van der Waals surface area contributed by atoms with Gasteiger partial charge in [-0.05, 0) is 13.8 Å². The largest absolute Gasteiger partial charge is 0.361 e. The van der Waals surface area contributed by atoms with E-state index in [0.717, 1.165) is 42.3 Å².